The van der Waals surface area contributed by atoms with Crippen molar-refractivity contribution < 1.29 is 18.9 Å². The molecule has 19 heavy (non-hydrogen) atoms. The van der Waals surface area contributed by atoms with Crippen molar-refractivity contribution >= 4 is 0 Å². The predicted molar refractivity (Wildman–Crippen MR) is 74.0 cm³/mol. The fourth-order valence-corrected chi connectivity index (χ4v) is 1.67. The van der Waals surface area contributed by atoms with Crippen molar-refractivity contribution in [1.82, 2.24) is 0 Å². The Morgan fingerprint density at radius 1 is 1.05 bits per heavy atom. The van der Waals surface area contributed by atoms with Gasteiger partial charge in [0.05, 0.1) is 20.8 Å². The van der Waals surface area contributed by atoms with Gasteiger partial charge in [-0.1, -0.05) is 0 Å². The number of hydrogen-bond donors (Lipinski definition) is 1. The topological polar surface area (TPSA) is 62.9 Å². The summed E-state index contributed by atoms with van der Waals surface area (Å²) in [6, 6.07) is 3.72. The van der Waals surface area contributed by atoms with Crippen LogP contribution in [-0.2, 0) is 11.3 Å². The average Bonchev–Trinajstić information content (AvgIpc) is 2.46. The largest absolute Gasteiger partial charge is 0.493 e. The third-order valence-corrected chi connectivity index (χ3v) is 2.64. The van der Waals surface area contributed by atoms with Crippen LogP contribution in [0.4, 0.5) is 0 Å². The Morgan fingerprint density at radius 2 is 1.68 bits per heavy atom. The molecular weight excluding hydrogens is 246 g/mol. The Morgan fingerprint density at radius 3 is 2.16 bits per heavy atom. The van der Waals surface area contributed by atoms with E-state index in [4.69, 9.17) is 24.7 Å². The van der Waals surface area contributed by atoms with E-state index in [1.807, 2.05) is 19.1 Å². The maximum atomic E-state index is 5.73. The average molecular weight is 269 g/mol. The molecule has 0 heterocycles. The Hall–Kier alpha value is -1.46. The van der Waals surface area contributed by atoms with E-state index < -0.39 is 0 Å². The molecule has 0 amide bonds. The van der Waals surface area contributed by atoms with Crippen molar-refractivity contribution in [2.45, 2.75) is 19.9 Å². The molecule has 0 saturated carbocycles. The molecule has 0 bridgehead atoms. The van der Waals surface area contributed by atoms with Gasteiger partial charge in [0.25, 0.3) is 0 Å². The first kappa shape index (κ1) is 15.6. The molecule has 2 N–H and O–H groups in total. The highest BCUT2D eigenvalue weighted by atomic mass is 16.5. The number of ether oxygens (including phenoxy) is 4. The van der Waals surface area contributed by atoms with Gasteiger partial charge in [0.2, 0.25) is 5.75 Å². The standard InChI is InChI=1S/C14H23NO4/c1-4-18-6-5-7-19-14-12(16-2)8-11(10-15)9-13(14)17-3/h8-9H,4-7,10,15H2,1-3H3. The van der Waals surface area contributed by atoms with Crippen molar-refractivity contribution in [1.29, 1.82) is 0 Å². The molecule has 5 heteroatoms. The number of benzene rings is 1. The van der Waals surface area contributed by atoms with Gasteiger partial charge in [-0.3, -0.25) is 0 Å². The van der Waals surface area contributed by atoms with Crippen LogP contribution in [-0.4, -0.2) is 34.0 Å². The van der Waals surface area contributed by atoms with E-state index in [2.05, 4.69) is 0 Å². The van der Waals surface area contributed by atoms with Crippen molar-refractivity contribution in [2.75, 3.05) is 34.0 Å². The van der Waals surface area contributed by atoms with Gasteiger partial charge in [0.1, 0.15) is 0 Å². The third kappa shape index (κ3) is 4.61. The smallest absolute Gasteiger partial charge is 0.203 e. The fraction of sp³-hybridized carbons (Fsp3) is 0.571. The molecule has 108 valence electrons. The van der Waals surface area contributed by atoms with Gasteiger partial charge >= 0.3 is 0 Å². The van der Waals surface area contributed by atoms with E-state index in [9.17, 15) is 0 Å². The number of rotatable bonds is 9. The minimum atomic E-state index is 0.428. The van der Waals surface area contributed by atoms with Gasteiger partial charge in [0, 0.05) is 26.2 Å². The molecule has 0 radical (unpaired) electrons. The lowest BCUT2D eigenvalue weighted by molar-refractivity contribution is 0.129. The van der Waals surface area contributed by atoms with Crippen LogP contribution in [0.5, 0.6) is 17.2 Å². The van der Waals surface area contributed by atoms with E-state index in [1.165, 1.54) is 0 Å². The van der Waals surface area contributed by atoms with Crippen molar-refractivity contribution in [3.05, 3.63) is 17.7 Å². The third-order valence-electron chi connectivity index (χ3n) is 2.64. The first-order valence-corrected chi connectivity index (χ1v) is 6.42. The minimum absolute atomic E-state index is 0.428. The number of methoxy groups -OCH3 is 2. The fourth-order valence-electron chi connectivity index (χ4n) is 1.67. The highest BCUT2D eigenvalue weighted by Gasteiger charge is 2.13. The number of hydrogen-bond acceptors (Lipinski definition) is 5. The van der Waals surface area contributed by atoms with Crippen LogP contribution in [0.3, 0.4) is 0 Å². The van der Waals surface area contributed by atoms with E-state index in [-0.39, 0.29) is 0 Å². The Kier molecular flexibility index (Phi) is 7.07. The zero-order chi connectivity index (χ0) is 14.1. The van der Waals surface area contributed by atoms with Crippen LogP contribution < -0.4 is 19.9 Å². The van der Waals surface area contributed by atoms with Gasteiger partial charge in [0.15, 0.2) is 11.5 Å². The lowest BCUT2D eigenvalue weighted by Gasteiger charge is -2.15. The summed E-state index contributed by atoms with van der Waals surface area (Å²) < 4.78 is 21.6. The molecule has 0 atom stereocenters. The Bertz CT molecular complexity index is 357. The van der Waals surface area contributed by atoms with Crippen LogP contribution >= 0.6 is 0 Å². The molecule has 5 nitrogen and oxygen atoms in total. The predicted octanol–water partition coefficient (Wildman–Crippen LogP) is 1.97. The second-order valence-electron chi connectivity index (χ2n) is 3.93. The molecule has 0 saturated heterocycles. The van der Waals surface area contributed by atoms with Crippen LogP contribution in [0.1, 0.15) is 18.9 Å². The van der Waals surface area contributed by atoms with E-state index in [0.717, 1.165) is 18.6 Å². The molecule has 0 aliphatic heterocycles. The Balaban J connectivity index is 2.73. The molecule has 1 aromatic carbocycles. The second kappa shape index (κ2) is 8.61. The van der Waals surface area contributed by atoms with Crippen LogP contribution in [0.2, 0.25) is 0 Å². The van der Waals surface area contributed by atoms with Gasteiger partial charge in [-0.05, 0) is 24.6 Å². The summed E-state index contributed by atoms with van der Waals surface area (Å²) in [5.74, 6) is 1.88. The summed E-state index contributed by atoms with van der Waals surface area (Å²) >= 11 is 0. The number of nitrogens with two attached hydrogens (primary N) is 1. The summed E-state index contributed by atoms with van der Waals surface area (Å²) in [5, 5.41) is 0. The summed E-state index contributed by atoms with van der Waals surface area (Å²) in [6.45, 7) is 4.35. The zero-order valence-electron chi connectivity index (χ0n) is 11.9. The molecular formula is C14H23NO4. The summed E-state index contributed by atoms with van der Waals surface area (Å²) in [6.07, 6.45) is 0.818. The molecule has 0 spiro atoms. The molecule has 0 aromatic heterocycles. The highest BCUT2D eigenvalue weighted by Crippen LogP contribution is 2.38. The first-order valence-electron chi connectivity index (χ1n) is 6.42. The van der Waals surface area contributed by atoms with Crippen molar-refractivity contribution in [3.8, 4) is 17.2 Å². The second-order valence-corrected chi connectivity index (χ2v) is 3.93. The van der Waals surface area contributed by atoms with Crippen LogP contribution in [0.25, 0.3) is 0 Å². The SMILES string of the molecule is CCOCCCOc1c(OC)cc(CN)cc1OC. The van der Waals surface area contributed by atoms with E-state index >= 15 is 0 Å². The maximum absolute atomic E-state index is 5.73. The zero-order valence-corrected chi connectivity index (χ0v) is 11.9. The summed E-state index contributed by atoms with van der Waals surface area (Å²) in [5.41, 5.74) is 6.57. The summed E-state index contributed by atoms with van der Waals surface area (Å²) in [4.78, 5) is 0. The monoisotopic (exact) mass is 269 g/mol. The van der Waals surface area contributed by atoms with Crippen molar-refractivity contribution in [2.24, 2.45) is 5.73 Å². The normalized spacial score (nSPS) is 10.3. The summed E-state index contributed by atoms with van der Waals surface area (Å²) in [7, 11) is 3.20. The van der Waals surface area contributed by atoms with Crippen molar-refractivity contribution in [3.63, 3.8) is 0 Å². The lowest BCUT2D eigenvalue weighted by Crippen LogP contribution is -2.06. The van der Waals surface area contributed by atoms with Gasteiger partial charge in [-0.25, -0.2) is 0 Å². The molecule has 0 unspecified atom stereocenters. The van der Waals surface area contributed by atoms with E-state index in [0.29, 0.717) is 37.0 Å². The van der Waals surface area contributed by atoms with Gasteiger partial charge < -0.3 is 24.7 Å². The molecule has 1 aromatic rings. The molecule has 0 fully saturated rings. The quantitative estimate of drug-likeness (QED) is 0.694. The molecule has 0 aliphatic carbocycles. The Labute approximate surface area is 114 Å². The lowest BCUT2D eigenvalue weighted by atomic mass is 10.2. The van der Waals surface area contributed by atoms with E-state index in [1.54, 1.807) is 14.2 Å². The molecule has 1 rings (SSSR count). The highest BCUT2D eigenvalue weighted by molar-refractivity contribution is 5.53. The van der Waals surface area contributed by atoms with Gasteiger partial charge in [-0.2, -0.15) is 0 Å². The van der Waals surface area contributed by atoms with Crippen LogP contribution in [0.15, 0.2) is 12.1 Å². The van der Waals surface area contributed by atoms with Crippen LogP contribution in [0, 0.1) is 0 Å². The molecule has 0 aliphatic rings. The minimum Gasteiger partial charge on any atom is -0.493 e. The maximum Gasteiger partial charge on any atom is 0.203 e. The van der Waals surface area contributed by atoms with Gasteiger partial charge in [-0.15, -0.1) is 0 Å². The first-order chi connectivity index (χ1) is 9.26.